The molecule has 0 bridgehead atoms. The lowest BCUT2D eigenvalue weighted by atomic mass is 10.1. The van der Waals surface area contributed by atoms with Crippen molar-refractivity contribution in [3.05, 3.63) is 47.7 Å². The van der Waals surface area contributed by atoms with Crippen LogP contribution in [0.5, 0.6) is 0 Å². The maximum atomic E-state index is 11.1. The third kappa shape index (κ3) is 2.25. The van der Waals surface area contributed by atoms with E-state index in [1.807, 2.05) is 13.2 Å². The van der Waals surface area contributed by atoms with Crippen LogP contribution in [0.3, 0.4) is 0 Å². The number of carboxylic acid groups (broad SMARTS) is 1. The first kappa shape index (κ1) is 12.3. The molecule has 20 heavy (non-hydrogen) atoms. The second-order valence-corrected chi connectivity index (χ2v) is 4.56. The monoisotopic (exact) mass is 271 g/mol. The second-order valence-electron chi connectivity index (χ2n) is 4.56. The van der Waals surface area contributed by atoms with Gasteiger partial charge in [-0.1, -0.05) is 0 Å². The van der Waals surface area contributed by atoms with Gasteiger partial charge in [-0.2, -0.15) is 10.2 Å². The largest absolute Gasteiger partial charge is 0.477 e. The van der Waals surface area contributed by atoms with Gasteiger partial charge in [-0.15, -0.1) is 0 Å². The molecule has 0 fully saturated rings. The number of aryl methyl sites for hydroxylation is 3. The lowest BCUT2D eigenvalue weighted by Crippen LogP contribution is -2.08. The molecule has 1 N–H and O–H groups in total. The zero-order valence-electron chi connectivity index (χ0n) is 10.9. The zero-order chi connectivity index (χ0) is 14.1. The van der Waals surface area contributed by atoms with Gasteiger partial charge in [0, 0.05) is 25.0 Å². The van der Waals surface area contributed by atoms with E-state index in [1.165, 1.54) is 0 Å². The highest BCUT2D eigenvalue weighted by molar-refractivity contribution is 5.86. The second kappa shape index (κ2) is 4.76. The molecule has 0 atom stereocenters. The fourth-order valence-corrected chi connectivity index (χ4v) is 2.14. The Morgan fingerprint density at radius 3 is 2.90 bits per heavy atom. The van der Waals surface area contributed by atoms with Crippen LogP contribution in [-0.2, 0) is 19.9 Å². The molecule has 3 aromatic rings. The van der Waals surface area contributed by atoms with Crippen LogP contribution < -0.4 is 0 Å². The summed E-state index contributed by atoms with van der Waals surface area (Å²) in [5.74, 6) is -1.03. The van der Waals surface area contributed by atoms with Crippen LogP contribution in [-0.4, -0.2) is 35.5 Å². The van der Waals surface area contributed by atoms with E-state index in [4.69, 9.17) is 5.11 Å². The molecule has 0 amide bonds. The normalized spacial score (nSPS) is 11.1. The summed E-state index contributed by atoms with van der Waals surface area (Å²) in [5.41, 5.74) is 2.51. The summed E-state index contributed by atoms with van der Waals surface area (Å²) in [6, 6.07) is 3.26. The van der Waals surface area contributed by atoms with Crippen molar-refractivity contribution in [1.82, 2.24) is 24.4 Å². The van der Waals surface area contributed by atoms with E-state index >= 15 is 0 Å². The van der Waals surface area contributed by atoms with Crippen molar-refractivity contribution in [1.29, 1.82) is 0 Å². The maximum absolute atomic E-state index is 11.1. The van der Waals surface area contributed by atoms with Gasteiger partial charge in [-0.05, 0) is 24.5 Å². The molecule has 0 aliphatic carbocycles. The minimum atomic E-state index is -1.03. The Morgan fingerprint density at radius 1 is 1.35 bits per heavy atom. The summed E-state index contributed by atoms with van der Waals surface area (Å²) in [6.07, 6.45) is 6.80. The standard InChI is InChI=1S/C13H13N5O2/c1-17-8-9(7-15-17)2-3-10-6-11(13(19)20)16-12-4-5-14-18(10)12/h4-8H,2-3H2,1H3,(H,19,20). The minimum Gasteiger partial charge on any atom is -0.477 e. The van der Waals surface area contributed by atoms with Crippen LogP contribution in [0.4, 0.5) is 0 Å². The van der Waals surface area contributed by atoms with Crippen molar-refractivity contribution in [3.8, 4) is 0 Å². The Balaban J connectivity index is 1.93. The molecule has 7 nitrogen and oxygen atoms in total. The number of fused-ring (bicyclic) bond motifs is 1. The summed E-state index contributed by atoms with van der Waals surface area (Å²) in [4.78, 5) is 15.1. The summed E-state index contributed by atoms with van der Waals surface area (Å²) in [5, 5.41) is 17.4. The number of carbonyl (C=O) groups is 1. The Hall–Kier alpha value is -2.70. The van der Waals surface area contributed by atoms with Crippen molar-refractivity contribution in [3.63, 3.8) is 0 Å². The van der Waals surface area contributed by atoms with Gasteiger partial charge in [-0.3, -0.25) is 4.68 Å². The van der Waals surface area contributed by atoms with Crippen molar-refractivity contribution in [2.45, 2.75) is 12.8 Å². The van der Waals surface area contributed by atoms with Gasteiger partial charge < -0.3 is 5.11 Å². The van der Waals surface area contributed by atoms with E-state index < -0.39 is 5.97 Å². The molecule has 0 aliphatic rings. The smallest absolute Gasteiger partial charge is 0.354 e. The van der Waals surface area contributed by atoms with Gasteiger partial charge in [0.05, 0.1) is 12.4 Å². The van der Waals surface area contributed by atoms with Crippen LogP contribution in [0, 0.1) is 0 Å². The Labute approximate surface area is 114 Å². The van der Waals surface area contributed by atoms with Crippen molar-refractivity contribution >= 4 is 11.6 Å². The average Bonchev–Trinajstić information content (AvgIpc) is 3.04. The number of rotatable bonds is 4. The number of hydrogen-bond acceptors (Lipinski definition) is 4. The minimum absolute atomic E-state index is 0.0409. The van der Waals surface area contributed by atoms with Gasteiger partial charge in [0.2, 0.25) is 0 Å². The molecule has 0 saturated carbocycles. The zero-order valence-corrected chi connectivity index (χ0v) is 10.9. The Bertz CT molecular complexity index is 774. The number of hydrogen-bond donors (Lipinski definition) is 1. The maximum Gasteiger partial charge on any atom is 0.354 e. The molecule has 3 rings (SSSR count). The third-order valence-corrected chi connectivity index (χ3v) is 3.08. The van der Waals surface area contributed by atoms with Crippen LogP contribution in [0.15, 0.2) is 30.7 Å². The van der Waals surface area contributed by atoms with Gasteiger partial charge in [-0.25, -0.2) is 14.3 Å². The first-order valence-electron chi connectivity index (χ1n) is 6.18. The summed E-state index contributed by atoms with van der Waals surface area (Å²) in [6.45, 7) is 0. The molecular formula is C13H13N5O2. The van der Waals surface area contributed by atoms with E-state index in [1.54, 1.807) is 33.7 Å². The lowest BCUT2D eigenvalue weighted by Gasteiger charge is -2.05. The molecule has 0 radical (unpaired) electrons. The molecule has 3 aromatic heterocycles. The average molecular weight is 271 g/mol. The van der Waals surface area contributed by atoms with Crippen LogP contribution in [0.2, 0.25) is 0 Å². The first-order valence-corrected chi connectivity index (χ1v) is 6.18. The molecule has 7 heteroatoms. The number of aromatic nitrogens is 5. The molecular weight excluding hydrogens is 258 g/mol. The molecule has 0 unspecified atom stereocenters. The van der Waals surface area contributed by atoms with Crippen molar-refractivity contribution in [2.75, 3.05) is 0 Å². The fourth-order valence-electron chi connectivity index (χ4n) is 2.14. The quantitative estimate of drug-likeness (QED) is 0.763. The summed E-state index contributed by atoms with van der Waals surface area (Å²) in [7, 11) is 1.87. The highest BCUT2D eigenvalue weighted by Gasteiger charge is 2.11. The predicted molar refractivity (Wildman–Crippen MR) is 70.6 cm³/mol. The van der Waals surface area contributed by atoms with Crippen LogP contribution in [0.1, 0.15) is 21.7 Å². The molecule has 0 saturated heterocycles. The van der Waals surface area contributed by atoms with Gasteiger partial charge in [0.15, 0.2) is 11.3 Å². The van der Waals surface area contributed by atoms with E-state index in [2.05, 4.69) is 15.2 Å². The predicted octanol–water partition coefficient (Wildman–Crippen LogP) is 0.946. The first-order chi connectivity index (χ1) is 9.63. The fraction of sp³-hybridized carbons (Fsp3) is 0.231. The van der Waals surface area contributed by atoms with Crippen LogP contribution in [0.25, 0.3) is 5.65 Å². The third-order valence-electron chi connectivity index (χ3n) is 3.08. The molecule has 0 spiro atoms. The van der Waals surface area contributed by atoms with E-state index in [-0.39, 0.29) is 5.69 Å². The molecule has 0 aliphatic heterocycles. The molecule has 3 heterocycles. The van der Waals surface area contributed by atoms with E-state index in [0.29, 0.717) is 12.1 Å². The van der Waals surface area contributed by atoms with E-state index in [0.717, 1.165) is 17.7 Å². The number of carboxylic acids is 1. The lowest BCUT2D eigenvalue weighted by molar-refractivity contribution is 0.0690. The highest BCUT2D eigenvalue weighted by atomic mass is 16.4. The molecule has 0 aromatic carbocycles. The van der Waals surface area contributed by atoms with Crippen molar-refractivity contribution in [2.24, 2.45) is 7.05 Å². The highest BCUT2D eigenvalue weighted by Crippen LogP contribution is 2.11. The van der Waals surface area contributed by atoms with Crippen molar-refractivity contribution < 1.29 is 9.90 Å². The number of nitrogens with zero attached hydrogens (tertiary/aromatic N) is 5. The molecule has 102 valence electrons. The Morgan fingerprint density at radius 2 is 2.20 bits per heavy atom. The van der Waals surface area contributed by atoms with Gasteiger partial charge >= 0.3 is 5.97 Å². The SMILES string of the molecule is Cn1cc(CCc2cc(C(=O)O)nc3ccnn23)cn1. The van der Waals surface area contributed by atoms with Crippen LogP contribution >= 0.6 is 0 Å². The van der Waals surface area contributed by atoms with Gasteiger partial charge in [0.25, 0.3) is 0 Å². The van der Waals surface area contributed by atoms with Gasteiger partial charge in [0.1, 0.15) is 0 Å². The number of aromatic carboxylic acids is 1. The summed E-state index contributed by atoms with van der Waals surface area (Å²) >= 11 is 0. The van der Waals surface area contributed by atoms with E-state index in [9.17, 15) is 4.79 Å². The Kier molecular flexibility index (Phi) is 2.94. The topological polar surface area (TPSA) is 85.3 Å². The summed E-state index contributed by atoms with van der Waals surface area (Å²) < 4.78 is 3.41.